The summed E-state index contributed by atoms with van der Waals surface area (Å²) in [5.41, 5.74) is 4.00. The minimum absolute atomic E-state index is 0.0615. The number of ketones is 1. The first-order valence-corrected chi connectivity index (χ1v) is 9.70. The van der Waals surface area contributed by atoms with Gasteiger partial charge in [0, 0.05) is 35.1 Å². The Kier molecular flexibility index (Phi) is 5.93. The fraction of sp³-hybridized carbons (Fsp3) is 0.348. The highest BCUT2D eigenvalue weighted by Crippen LogP contribution is 2.18. The largest absolute Gasteiger partial charge is 0.348 e. The van der Waals surface area contributed by atoms with Crippen molar-refractivity contribution < 1.29 is 4.79 Å². The maximum absolute atomic E-state index is 12.9. The van der Waals surface area contributed by atoms with Gasteiger partial charge in [0.2, 0.25) is 0 Å². The molecule has 0 N–H and O–H groups in total. The number of hydrogen-bond donors (Lipinski definition) is 0. The number of aryl methyl sites for hydroxylation is 1. The van der Waals surface area contributed by atoms with E-state index in [4.69, 9.17) is 0 Å². The van der Waals surface area contributed by atoms with Gasteiger partial charge >= 0.3 is 0 Å². The minimum atomic E-state index is -0.276. The molecule has 5 heteroatoms. The summed E-state index contributed by atoms with van der Waals surface area (Å²) in [5.74, 6) is 0.507. The van der Waals surface area contributed by atoms with Crippen LogP contribution in [0.2, 0.25) is 0 Å². The second-order valence-corrected chi connectivity index (χ2v) is 7.62. The van der Waals surface area contributed by atoms with Gasteiger partial charge in [0.15, 0.2) is 5.78 Å². The van der Waals surface area contributed by atoms with E-state index in [0.29, 0.717) is 17.2 Å². The van der Waals surface area contributed by atoms with E-state index in [1.54, 1.807) is 6.07 Å². The van der Waals surface area contributed by atoms with E-state index in [1.165, 1.54) is 10.7 Å². The SMILES string of the molecule is Cc1cc(C(=O)Cn2nc(-c3ccccc3)ccc2=O)c(C)n1CCC(C)C. The Balaban J connectivity index is 1.86. The molecule has 0 aliphatic heterocycles. The number of carbonyl (C=O) groups is 1. The maximum atomic E-state index is 12.9. The van der Waals surface area contributed by atoms with E-state index in [2.05, 4.69) is 23.5 Å². The predicted octanol–water partition coefficient (Wildman–Crippen LogP) is 4.26. The van der Waals surface area contributed by atoms with Crippen LogP contribution in [0.4, 0.5) is 0 Å². The highest BCUT2D eigenvalue weighted by molar-refractivity contribution is 5.97. The van der Waals surface area contributed by atoms with E-state index in [-0.39, 0.29) is 17.9 Å². The van der Waals surface area contributed by atoms with Crippen LogP contribution in [-0.4, -0.2) is 20.1 Å². The lowest BCUT2D eigenvalue weighted by molar-refractivity contribution is 0.0965. The van der Waals surface area contributed by atoms with Crippen LogP contribution in [0.25, 0.3) is 11.3 Å². The van der Waals surface area contributed by atoms with Crippen molar-refractivity contribution in [3.05, 3.63) is 75.8 Å². The molecule has 0 saturated carbocycles. The average molecular weight is 377 g/mol. The number of rotatable bonds is 7. The zero-order valence-corrected chi connectivity index (χ0v) is 17.0. The molecule has 0 radical (unpaired) electrons. The first-order valence-electron chi connectivity index (χ1n) is 9.70. The van der Waals surface area contributed by atoms with Crippen LogP contribution in [0.5, 0.6) is 0 Å². The maximum Gasteiger partial charge on any atom is 0.267 e. The summed E-state index contributed by atoms with van der Waals surface area (Å²) < 4.78 is 3.44. The van der Waals surface area contributed by atoms with Crippen LogP contribution in [0, 0.1) is 19.8 Å². The summed E-state index contributed by atoms with van der Waals surface area (Å²) in [6.45, 7) is 9.20. The quantitative estimate of drug-likeness (QED) is 0.578. The first-order chi connectivity index (χ1) is 13.4. The van der Waals surface area contributed by atoms with Crippen LogP contribution in [0.3, 0.4) is 0 Å². The van der Waals surface area contributed by atoms with E-state index < -0.39 is 0 Å². The number of carbonyl (C=O) groups excluding carboxylic acids is 1. The second-order valence-electron chi connectivity index (χ2n) is 7.62. The van der Waals surface area contributed by atoms with Gasteiger partial charge in [-0.2, -0.15) is 5.10 Å². The fourth-order valence-electron chi connectivity index (χ4n) is 3.36. The molecule has 1 aromatic carbocycles. The Bertz CT molecular complexity index is 1030. The number of aromatic nitrogens is 3. The molecule has 0 fully saturated rings. The molecule has 0 bridgehead atoms. The molecule has 5 nitrogen and oxygen atoms in total. The highest BCUT2D eigenvalue weighted by Gasteiger charge is 2.17. The van der Waals surface area contributed by atoms with E-state index >= 15 is 0 Å². The Morgan fingerprint density at radius 2 is 1.79 bits per heavy atom. The molecule has 146 valence electrons. The minimum Gasteiger partial charge on any atom is -0.348 e. The van der Waals surface area contributed by atoms with Crippen LogP contribution in [-0.2, 0) is 13.1 Å². The van der Waals surface area contributed by atoms with Gasteiger partial charge in [-0.05, 0) is 38.3 Å². The van der Waals surface area contributed by atoms with Crippen molar-refractivity contribution in [3.8, 4) is 11.3 Å². The van der Waals surface area contributed by atoms with Crippen molar-refractivity contribution in [2.75, 3.05) is 0 Å². The molecule has 3 aromatic rings. The van der Waals surface area contributed by atoms with Crippen molar-refractivity contribution in [2.45, 2.75) is 47.2 Å². The third kappa shape index (κ3) is 4.30. The lowest BCUT2D eigenvalue weighted by Gasteiger charge is -2.11. The summed E-state index contributed by atoms with van der Waals surface area (Å²) in [4.78, 5) is 25.2. The molecule has 0 atom stereocenters. The third-order valence-electron chi connectivity index (χ3n) is 5.03. The van der Waals surface area contributed by atoms with Crippen LogP contribution < -0.4 is 5.56 Å². The van der Waals surface area contributed by atoms with Gasteiger partial charge in [-0.3, -0.25) is 9.59 Å². The fourth-order valence-corrected chi connectivity index (χ4v) is 3.36. The molecule has 0 spiro atoms. The zero-order chi connectivity index (χ0) is 20.3. The Morgan fingerprint density at radius 1 is 1.07 bits per heavy atom. The van der Waals surface area contributed by atoms with E-state index in [0.717, 1.165) is 29.9 Å². The molecule has 2 aromatic heterocycles. The highest BCUT2D eigenvalue weighted by atomic mass is 16.1. The summed E-state index contributed by atoms with van der Waals surface area (Å²) in [6, 6.07) is 14.7. The van der Waals surface area contributed by atoms with Gasteiger partial charge in [-0.25, -0.2) is 4.68 Å². The molecule has 0 unspecified atom stereocenters. The van der Waals surface area contributed by atoms with Crippen molar-refractivity contribution >= 4 is 5.78 Å². The molecular weight excluding hydrogens is 350 g/mol. The summed E-state index contributed by atoms with van der Waals surface area (Å²) in [7, 11) is 0. The molecule has 3 rings (SSSR count). The van der Waals surface area contributed by atoms with E-state index in [1.807, 2.05) is 50.2 Å². The summed E-state index contributed by atoms with van der Waals surface area (Å²) in [6.07, 6.45) is 1.06. The lowest BCUT2D eigenvalue weighted by Crippen LogP contribution is -2.26. The third-order valence-corrected chi connectivity index (χ3v) is 5.03. The van der Waals surface area contributed by atoms with Crippen LogP contribution in [0.1, 0.15) is 42.0 Å². The predicted molar refractivity (Wildman–Crippen MR) is 112 cm³/mol. The lowest BCUT2D eigenvalue weighted by atomic mass is 10.1. The van der Waals surface area contributed by atoms with Crippen molar-refractivity contribution in [2.24, 2.45) is 5.92 Å². The van der Waals surface area contributed by atoms with Crippen molar-refractivity contribution in [1.29, 1.82) is 0 Å². The number of benzene rings is 1. The number of nitrogens with zero attached hydrogens (tertiary/aromatic N) is 3. The molecule has 0 aliphatic carbocycles. The second kappa shape index (κ2) is 8.38. The average Bonchev–Trinajstić information content (AvgIpc) is 2.96. The zero-order valence-electron chi connectivity index (χ0n) is 17.0. The number of Topliss-reactive ketones (excluding diaryl/α,β-unsaturated/α-hetero) is 1. The van der Waals surface area contributed by atoms with Crippen LogP contribution >= 0.6 is 0 Å². The van der Waals surface area contributed by atoms with Gasteiger partial charge in [0.1, 0.15) is 6.54 Å². The molecular formula is C23H27N3O2. The molecule has 2 heterocycles. The van der Waals surface area contributed by atoms with Gasteiger partial charge in [0.05, 0.1) is 5.69 Å². The van der Waals surface area contributed by atoms with Gasteiger partial charge in [-0.15, -0.1) is 0 Å². The van der Waals surface area contributed by atoms with Crippen LogP contribution in [0.15, 0.2) is 53.3 Å². The summed E-state index contributed by atoms with van der Waals surface area (Å²) >= 11 is 0. The molecule has 28 heavy (non-hydrogen) atoms. The molecule has 0 saturated heterocycles. The first kappa shape index (κ1) is 19.8. The monoisotopic (exact) mass is 377 g/mol. The van der Waals surface area contributed by atoms with Gasteiger partial charge in [-0.1, -0.05) is 44.2 Å². The Labute approximate surface area is 165 Å². The topological polar surface area (TPSA) is 56.9 Å². The van der Waals surface area contributed by atoms with Crippen molar-refractivity contribution in [3.63, 3.8) is 0 Å². The smallest absolute Gasteiger partial charge is 0.267 e. The summed E-state index contributed by atoms with van der Waals surface area (Å²) in [5, 5.41) is 4.40. The standard InChI is InChI=1S/C23H27N3O2/c1-16(2)12-13-25-17(3)14-20(18(25)4)22(27)15-26-23(28)11-10-21(24-26)19-8-6-5-7-9-19/h5-11,14,16H,12-13,15H2,1-4H3. The van der Waals surface area contributed by atoms with Gasteiger partial charge in [0.25, 0.3) is 5.56 Å². The number of hydrogen-bond acceptors (Lipinski definition) is 3. The Morgan fingerprint density at radius 3 is 2.46 bits per heavy atom. The van der Waals surface area contributed by atoms with E-state index in [9.17, 15) is 9.59 Å². The Hall–Kier alpha value is -2.95. The normalized spacial score (nSPS) is 11.2. The van der Waals surface area contributed by atoms with Crippen molar-refractivity contribution in [1.82, 2.24) is 14.3 Å². The van der Waals surface area contributed by atoms with Gasteiger partial charge < -0.3 is 4.57 Å². The molecule has 0 amide bonds. The molecule has 0 aliphatic rings.